The molecule has 1 aliphatic carbocycles. The molecule has 7 heteroatoms. The van der Waals surface area contributed by atoms with Crippen LogP contribution in [-0.2, 0) is 16.0 Å². The zero-order chi connectivity index (χ0) is 20.5. The Morgan fingerprint density at radius 3 is 2.66 bits per heavy atom. The molecule has 0 spiro atoms. The van der Waals surface area contributed by atoms with Gasteiger partial charge in [-0.15, -0.1) is 0 Å². The van der Waals surface area contributed by atoms with Crippen molar-refractivity contribution >= 4 is 57.6 Å². The maximum atomic E-state index is 12.8. The fourth-order valence-electron chi connectivity index (χ4n) is 3.52. The van der Waals surface area contributed by atoms with Gasteiger partial charge in [0.2, 0.25) is 0 Å². The van der Waals surface area contributed by atoms with Gasteiger partial charge in [-0.2, -0.15) is 0 Å². The van der Waals surface area contributed by atoms with Crippen molar-refractivity contribution in [3.05, 3.63) is 74.9 Å². The van der Waals surface area contributed by atoms with E-state index >= 15 is 0 Å². The average Bonchev–Trinajstić information content (AvgIpc) is 3.09. The number of rotatable bonds is 4. The van der Waals surface area contributed by atoms with Crippen molar-refractivity contribution in [2.75, 3.05) is 6.61 Å². The second kappa shape index (κ2) is 7.85. The third-order valence-corrected chi connectivity index (χ3v) is 5.51. The molecule has 1 heterocycles. The minimum absolute atomic E-state index is 0.435. The molecule has 146 valence electrons. The highest BCUT2D eigenvalue weighted by Crippen LogP contribution is 2.38. The quantitative estimate of drug-likeness (QED) is 0.614. The van der Waals surface area contributed by atoms with Gasteiger partial charge in [0.25, 0.3) is 5.91 Å². The molecular weight excluding hydrogens is 411 g/mol. The molecule has 2 N–H and O–H groups in total. The Labute approximate surface area is 177 Å². The molecule has 1 aromatic heterocycles. The van der Waals surface area contributed by atoms with E-state index in [-0.39, 0.29) is 0 Å². The normalized spacial score (nSPS) is 14.2. The minimum Gasteiger partial charge on any atom is -0.452 e. The maximum absolute atomic E-state index is 12.8. The number of allylic oxidation sites excluding steroid dienone is 1. The summed E-state index contributed by atoms with van der Waals surface area (Å²) >= 11 is 12.1. The number of benzene rings is 2. The Morgan fingerprint density at radius 2 is 1.90 bits per heavy atom. The largest absolute Gasteiger partial charge is 0.452 e. The van der Waals surface area contributed by atoms with Crippen LogP contribution in [0.2, 0.25) is 10.0 Å². The van der Waals surface area contributed by atoms with E-state index in [1.165, 1.54) is 0 Å². The van der Waals surface area contributed by atoms with E-state index in [4.69, 9.17) is 38.7 Å². The SMILES string of the molecule is NC(=O)COC(=O)c1c2c(nc3ccccc13)/C(=C/c1ccc(Cl)c(Cl)c1)CC2. The summed E-state index contributed by atoms with van der Waals surface area (Å²) in [5.41, 5.74) is 9.68. The number of carbonyl (C=O) groups excluding carboxylic acids is 2. The van der Waals surface area contributed by atoms with Crippen LogP contribution < -0.4 is 5.73 Å². The van der Waals surface area contributed by atoms with E-state index in [0.717, 1.165) is 28.8 Å². The van der Waals surface area contributed by atoms with E-state index in [0.29, 0.717) is 32.9 Å². The predicted molar refractivity (Wildman–Crippen MR) is 114 cm³/mol. The lowest BCUT2D eigenvalue weighted by Crippen LogP contribution is -2.21. The molecule has 0 aliphatic heterocycles. The first-order chi connectivity index (χ1) is 13.9. The second-order valence-electron chi connectivity index (χ2n) is 6.72. The van der Waals surface area contributed by atoms with E-state index in [2.05, 4.69) is 0 Å². The molecule has 5 nitrogen and oxygen atoms in total. The van der Waals surface area contributed by atoms with Gasteiger partial charge in [0.05, 0.1) is 26.8 Å². The first-order valence-electron chi connectivity index (χ1n) is 8.97. The number of esters is 1. The Bertz CT molecular complexity index is 1190. The van der Waals surface area contributed by atoms with Crippen LogP contribution in [0.3, 0.4) is 0 Å². The van der Waals surface area contributed by atoms with Crippen LogP contribution in [0.15, 0.2) is 42.5 Å². The summed E-state index contributed by atoms with van der Waals surface area (Å²) in [6.07, 6.45) is 3.35. The number of primary amides is 1. The van der Waals surface area contributed by atoms with Crippen LogP contribution in [0.1, 0.15) is 33.6 Å². The fraction of sp³-hybridized carbons (Fsp3) is 0.136. The summed E-state index contributed by atoms with van der Waals surface area (Å²) in [5, 5.41) is 1.65. The van der Waals surface area contributed by atoms with Crippen molar-refractivity contribution < 1.29 is 14.3 Å². The van der Waals surface area contributed by atoms with Crippen LogP contribution >= 0.6 is 23.2 Å². The van der Waals surface area contributed by atoms with E-state index in [9.17, 15) is 9.59 Å². The number of ether oxygens (including phenoxy) is 1. The summed E-state index contributed by atoms with van der Waals surface area (Å²) in [4.78, 5) is 28.6. The monoisotopic (exact) mass is 426 g/mol. The summed E-state index contributed by atoms with van der Waals surface area (Å²) in [6.45, 7) is -0.462. The highest BCUT2D eigenvalue weighted by Gasteiger charge is 2.27. The third kappa shape index (κ3) is 3.84. The molecule has 0 saturated carbocycles. The molecular formula is C22H16Cl2N2O3. The van der Waals surface area contributed by atoms with Gasteiger partial charge in [-0.25, -0.2) is 9.78 Å². The maximum Gasteiger partial charge on any atom is 0.339 e. The number of nitrogens with zero attached hydrogens (tertiary/aromatic N) is 1. The van der Waals surface area contributed by atoms with Gasteiger partial charge in [0, 0.05) is 5.39 Å². The van der Waals surface area contributed by atoms with Gasteiger partial charge in [0.15, 0.2) is 6.61 Å². The number of para-hydroxylation sites is 1. The van der Waals surface area contributed by atoms with Crippen LogP contribution in [0.4, 0.5) is 0 Å². The molecule has 0 bridgehead atoms. The number of halogens is 2. The number of hydrogen-bond donors (Lipinski definition) is 1. The van der Waals surface area contributed by atoms with Crippen LogP contribution in [0.5, 0.6) is 0 Å². The number of aromatic nitrogens is 1. The second-order valence-corrected chi connectivity index (χ2v) is 7.53. The Hall–Kier alpha value is -2.89. The molecule has 4 rings (SSSR count). The average molecular weight is 427 g/mol. The molecule has 3 aromatic rings. The van der Waals surface area contributed by atoms with Crippen molar-refractivity contribution in [2.24, 2.45) is 5.73 Å². The molecule has 1 aliphatic rings. The molecule has 0 fully saturated rings. The topological polar surface area (TPSA) is 82.3 Å². The van der Waals surface area contributed by atoms with Crippen molar-refractivity contribution in [3.63, 3.8) is 0 Å². The third-order valence-electron chi connectivity index (χ3n) is 4.78. The van der Waals surface area contributed by atoms with Crippen LogP contribution in [-0.4, -0.2) is 23.5 Å². The zero-order valence-electron chi connectivity index (χ0n) is 15.2. The number of nitrogens with two attached hydrogens (primary N) is 1. The van der Waals surface area contributed by atoms with Gasteiger partial charge in [-0.05, 0) is 53.8 Å². The van der Waals surface area contributed by atoms with Gasteiger partial charge in [-0.1, -0.05) is 47.5 Å². The van der Waals surface area contributed by atoms with Gasteiger partial charge >= 0.3 is 5.97 Å². The van der Waals surface area contributed by atoms with Gasteiger partial charge in [-0.3, -0.25) is 4.79 Å². The van der Waals surface area contributed by atoms with Crippen LogP contribution in [0, 0.1) is 0 Å². The molecule has 0 saturated heterocycles. The first kappa shape index (κ1) is 19.4. The number of amides is 1. The lowest BCUT2D eigenvalue weighted by molar-refractivity contribution is -0.121. The first-order valence-corrected chi connectivity index (χ1v) is 9.72. The molecule has 2 aromatic carbocycles. The summed E-state index contributed by atoms with van der Waals surface area (Å²) < 4.78 is 5.11. The highest BCUT2D eigenvalue weighted by atomic mass is 35.5. The van der Waals surface area contributed by atoms with E-state index in [1.807, 2.05) is 36.4 Å². The van der Waals surface area contributed by atoms with Crippen molar-refractivity contribution in [3.8, 4) is 0 Å². The summed E-state index contributed by atoms with van der Waals surface area (Å²) in [5.74, 6) is -1.28. The number of fused-ring (bicyclic) bond motifs is 2. The smallest absolute Gasteiger partial charge is 0.339 e. The predicted octanol–water partition coefficient (Wildman–Crippen LogP) is 4.67. The van der Waals surface area contributed by atoms with E-state index in [1.54, 1.807) is 12.1 Å². The lowest BCUT2D eigenvalue weighted by Gasteiger charge is -2.12. The Morgan fingerprint density at radius 1 is 1.10 bits per heavy atom. The van der Waals surface area contributed by atoms with Crippen molar-refractivity contribution in [1.29, 1.82) is 0 Å². The molecule has 29 heavy (non-hydrogen) atoms. The summed E-state index contributed by atoms with van der Waals surface area (Å²) in [6, 6.07) is 12.8. The number of carbonyl (C=O) groups is 2. The number of pyridine rings is 1. The highest BCUT2D eigenvalue weighted by molar-refractivity contribution is 6.42. The molecule has 1 amide bonds. The van der Waals surface area contributed by atoms with Crippen LogP contribution in [0.25, 0.3) is 22.6 Å². The minimum atomic E-state index is -0.700. The number of hydrogen-bond acceptors (Lipinski definition) is 4. The van der Waals surface area contributed by atoms with Crippen molar-refractivity contribution in [1.82, 2.24) is 4.98 Å². The molecule has 0 atom stereocenters. The summed E-state index contributed by atoms with van der Waals surface area (Å²) in [7, 11) is 0. The Balaban J connectivity index is 1.84. The van der Waals surface area contributed by atoms with E-state index < -0.39 is 18.5 Å². The lowest BCUT2D eigenvalue weighted by atomic mass is 10.0. The van der Waals surface area contributed by atoms with Crippen molar-refractivity contribution in [2.45, 2.75) is 12.8 Å². The molecule has 0 radical (unpaired) electrons. The van der Waals surface area contributed by atoms with Gasteiger partial charge < -0.3 is 10.5 Å². The zero-order valence-corrected chi connectivity index (χ0v) is 16.8. The molecule has 0 unspecified atom stereocenters. The fourth-order valence-corrected chi connectivity index (χ4v) is 3.83. The standard InChI is InChI=1S/C22H16Cl2N2O3/c23-16-8-5-12(10-17(16)24)9-13-6-7-15-20(22(28)29-11-19(25)27)14-3-1-2-4-18(14)26-21(13)15/h1-5,8-10H,6-7,11H2,(H2,25,27)/b13-9+. The Kier molecular flexibility index (Phi) is 5.26. The van der Waals surface area contributed by atoms with Gasteiger partial charge in [0.1, 0.15) is 0 Å².